The highest BCUT2D eigenvalue weighted by Crippen LogP contribution is 2.15. The zero-order valence-electron chi connectivity index (χ0n) is 7.47. The van der Waals surface area contributed by atoms with Crippen LogP contribution in [0.4, 0.5) is 0 Å². The first kappa shape index (κ1) is 8.54. The van der Waals surface area contributed by atoms with Gasteiger partial charge in [0.15, 0.2) is 0 Å². The Morgan fingerprint density at radius 3 is 2.58 bits per heavy atom. The lowest BCUT2D eigenvalue weighted by atomic mass is 10.1. The van der Waals surface area contributed by atoms with Gasteiger partial charge >= 0.3 is 0 Å². The SMILES string of the molecule is CC(C)=C(C#N)c1cc(C)[nH]n1. The number of nitrogens with zero attached hydrogens (tertiary/aromatic N) is 2. The topological polar surface area (TPSA) is 52.5 Å². The van der Waals surface area contributed by atoms with Crippen LogP contribution in [0.2, 0.25) is 0 Å². The molecule has 1 heterocycles. The molecule has 3 heteroatoms. The lowest BCUT2D eigenvalue weighted by molar-refractivity contribution is 1.03. The highest BCUT2D eigenvalue weighted by atomic mass is 15.1. The molecule has 1 aromatic heterocycles. The Hall–Kier alpha value is -1.56. The van der Waals surface area contributed by atoms with Crippen molar-refractivity contribution < 1.29 is 0 Å². The van der Waals surface area contributed by atoms with Gasteiger partial charge in [-0.25, -0.2) is 0 Å². The predicted molar refractivity (Wildman–Crippen MR) is 47.2 cm³/mol. The van der Waals surface area contributed by atoms with E-state index in [9.17, 15) is 0 Å². The van der Waals surface area contributed by atoms with Crippen LogP contribution in [0.5, 0.6) is 0 Å². The number of aromatic amines is 1. The van der Waals surface area contributed by atoms with Gasteiger partial charge in [0.05, 0.1) is 5.57 Å². The first-order chi connectivity index (χ1) is 5.65. The molecular formula is C9H11N3. The van der Waals surface area contributed by atoms with E-state index in [-0.39, 0.29) is 0 Å². The van der Waals surface area contributed by atoms with Gasteiger partial charge < -0.3 is 0 Å². The maximum atomic E-state index is 8.80. The smallest absolute Gasteiger partial charge is 0.103 e. The lowest BCUT2D eigenvalue weighted by Crippen LogP contribution is -1.83. The average Bonchev–Trinajstić information content (AvgIpc) is 2.37. The van der Waals surface area contributed by atoms with Crippen LogP contribution in [0, 0.1) is 18.3 Å². The molecule has 0 bridgehead atoms. The standard InChI is InChI=1S/C9H11N3/c1-6(2)8(5-10)9-4-7(3)11-12-9/h4H,1-3H3,(H,11,12). The second kappa shape index (κ2) is 3.22. The number of hydrogen-bond donors (Lipinski definition) is 1. The van der Waals surface area contributed by atoms with E-state index < -0.39 is 0 Å². The van der Waals surface area contributed by atoms with Gasteiger partial charge in [-0.1, -0.05) is 5.57 Å². The van der Waals surface area contributed by atoms with Gasteiger partial charge in [0.2, 0.25) is 0 Å². The first-order valence-corrected chi connectivity index (χ1v) is 3.75. The lowest BCUT2D eigenvalue weighted by Gasteiger charge is -1.93. The summed E-state index contributed by atoms with van der Waals surface area (Å²) in [5, 5.41) is 15.6. The highest BCUT2D eigenvalue weighted by Gasteiger charge is 2.05. The molecule has 1 rings (SSSR count). The van der Waals surface area contributed by atoms with Gasteiger partial charge in [0.1, 0.15) is 11.8 Å². The van der Waals surface area contributed by atoms with Crippen molar-refractivity contribution in [1.82, 2.24) is 10.2 Å². The molecule has 0 unspecified atom stereocenters. The molecule has 0 saturated heterocycles. The fourth-order valence-electron chi connectivity index (χ4n) is 0.971. The summed E-state index contributed by atoms with van der Waals surface area (Å²) in [5.74, 6) is 0. The minimum Gasteiger partial charge on any atom is -0.282 e. The van der Waals surface area contributed by atoms with E-state index in [2.05, 4.69) is 16.3 Å². The van der Waals surface area contributed by atoms with Crippen molar-refractivity contribution in [1.29, 1.82) is 5.26 Å². The number of rotatable bonds is 1. The summed E-state index contributed by atoms with van der Waals surface area (Å²) in [6.45, 7) is 5.72. The maximum absolute atomic E-state index is 8.80. The minimum atomic E-state index is 0.652. The van der Waals surface area contributed by atoms with Crippen molar-refractivity contribution in [2.75, 3.05) is 0 Å². The van der Waals surface area contributed by atoms with Gasteiger partial charge in [-0.3, -0.25) is 5.10 Å². The maximum Gasteiger partial charge on any atom is 0.103 e. The van der Waals surface area contributed by atoms with Gasteiger partial charge in [0.25, 0.3) is 0 Å². The van der Waals surface area contributed by atoms with Crippen LogP contribution in [0.25, 0.3) is 5.57 Å². The van der Waals surface area contributed by atoms with Crippen molar-refractivity contribution >= 4 is 5.57 Å². The summed E-state index contributed by atoms with van der Waals surface area (Å²) >= 11 is 0. The summed E-state index contributed by atoms with van der Waals surface area (Å²) in [6.07, 6.45) is 0. The number of hydrogen-bond acceptors (Lipinski definition) is 2. The molecule has 0 amide bonds. The summed E-state index contributed by atoms with van der Waals surface area (Å²) in [7, 11) is 0. The third-order valence-corrected chi connectivity index (χ3v) is 1.57. The van der Waals surface area contributed by atoms with Crippen LogP contribution < -0.4 is 0 Å². The summed E-state index contributed by atoms with van der Waals surface area (Å²) in [6, 6.07) is 3.99. The summed E-state index contributed by atoms with van der Waals surface area (Å²) in [5.41, 5.74) is 3.34. The van der Waals surface area contributed by atoms with Crippen molar-refractivity contribution in [3.8, 4) is 6.07 Å². The molecule has 0 spiro atoms. The van der Waals surface area contributed by atoms with Crippen LogP contribution in [0.1, 0.15) is 25.2 Å². The number of H-pyrrole nitrogens is 1. The third kappa shape index (κ3) is 1.54. The highest BCUT2D eigenvalue weighted by molar-refractivity contribution is 5.76. The molecule has 0 radical (unpaired) electrons. The average molecular weight is 161 g/mol. The van der Waals surface area contributed by atoms with E-state index in [1.165, 1.54) is 0 Å². The monoisotopic (exact) mass is 161 g/mol. The van der Waals surface area contributed by atoms with Crippen molar-refractivity contribution in [2.45, 2.75) is 20.8 Å². The molecule has 0 atom stereocenters. The van der Waals surface area contributed by atoms with Gasteiger partial charge in [-0.2, -0.15) is 10.4 Å². The molecule has 1 N–H and O–H groups in total. The second-order valence-corrected chi connectivity index (χ2v) is 2.92. The number of nitrogens with one attached hydrogen (secondary N) is 1. The number of aryl methyl sites for hydroxylation is 1. The summed E-state index contributed by atoms with van der Waals surface area (Å²) < 4.78 is 0. The summed E-state index contributed by atoms with van der Waals surface area (Å²) in [4.78, 5) is 0. The molecule has 0 aliphatic rings. The Balaban J connectivity index is 3.15. The van der Waals surface area contributed by atoms with Crippen LogP contribution in [-0.2, 0) is 0 Å². The van der Waals surface area contributed by atoms with Crippen molar-refractivity contribution in [3.05, 3.63) is 23.0 Å². The molecule has 1 aromatic rings. The molecule has 0 aliphatic heterocycles. The molecule has 12 heavy (non-hydrogen) atoms. The van der Waals surface area contributed by atoms with E-state index in [4.69, 9.17) is 5.26 Å². The Labute approximate surface area is 71.7 Å². The quantitative estimate of drug-likeness (QED) is 0.641. The van der Waals surface area contributed by atoms with Crippen LogP contribution in [0.15, 0.2) is 11.6 Å². The molecule has 3 nitrogen and oxygen atoms in total. The Bertz CT molecular complexity index is 348. The van der Waals surface area contributed by atoms with Crippen molar-refractivity contribution in [3.63, 3.8) is 0 Å². The Morgan fingerprint density at radius 1 is 1.58 bits per heavy atom. The van der Waals surface area contributed by atoms with E-state index in [1.807, 2.05) is 26.8 Å². The zero-order chi connectivity index (χ0) is 9.14. The van der Waals surface area contributed by atoms with Gasteiger partial charge in [0, 0.05) is 5.69 Å². The van der Waals surface area contributed by atoms with E-state index >= 15 is 0 Å². The van der Waals surface area contributed by atoms with Gasteiger partial charge in [-0.05, 0) is 26.8 Å². The van der Waals surface area contributed by atoms with Crippen LogP contribution >= 0.6 is 0 Å². The van der Waals surface area contributed by atoms with Gasteiger partial charge in [-0.15, -0.1) is 0 Å². The van der Waals surface area contributed by atoms with E-state index in [1.54, 1.807) is 0 Å². The predicted octanol–water partition coefficient (Wildman–Crippen LogP) is 2.04. The normalized spacial score (nSPS) is 9.17. The second-order valence-electron chi connectivity index (χ2n) is 2.92. The number of aromatic nitrogens is 2. The Kier molecular flexibility index (Phi) is 2.29. The fourth-order valence-corrected chi connectivity index (χ4v) is 0.971. The molecule has 0 aliphatic carbocycles. The van der Waals surface area contributed by atoms with E-state index in [0.717, 1.165) is 17.0 Å². The fraction of sp³-hybridized carbons (Fsp3) is 0.333. The van der Waals surface area contributed by atoms with Crippen molar-refractivity contribution in [2.24, 2.45) is 0 Å². The number of nitriles is 1. The number of allylic oxidation sites excluding steroid dienone is 2. The minimum absolute atomic E-state index is 0.652. The third-order valence-electron chi connectivity index (χ3n) is 1.57. The van der Waals surface area contributed by atoms with Crippen LogP contribution in [0.3, 0.4) is 0 Å². The molecule has 0 aromatic carbocycles. The molecule has 0 fully saturated rings. The largest absolute Gasteiger partial charge is 0.282 e. The van der Waals surface area contributed by atoms with E-state index in [0.29, 0.717) is 5.57 Å². The van der Waals surface area contributed by atoms with Crippen LogP contribution in [-0.4, -0.2) is 10.2 Å². The molecular weight excluding hydrogens is 150 g/mol. The molecule has 62 valence electrons. The Morgan fingerprint density at radius 2 is 2.25 bits per heavy atom. The zero-order valence-corrected chi connectivity index (χ0v) is 7.47. The molecule has 0 saturated carbocycles. The first-order valence-electron chi connectivity index (χ1n) is 3.75.